The van der Waals surface area contributed by atoms with Crippen LogP contribution in [0.2, 0.25) is 0 Å². The lowest BCUT2D eigenvalue weighted by atomic mass is 9.85. The highest BCUT2D eigenvalue weighted by Gasteiger charge is 2.45. The maximum atomic E-state index is 16.8. The van der Waals surface area contributed by atoms with Gasteiger partial charge in [-0.15, -0.1) is 6.42 Å². The van der Waals surface area contributed by atoms with Gasteiger partial charge in [0.25, 0.3) is 5.56 Å². The predicted molar refractivity (Wildman–Crippen MR) is 348 cm³/mol. The molecule has 2 aliphatic carbocycles. The second-order valence-electron chi connectivity index (χ2n) is 22.7. The third-order valence-electron chi connectivity index (χ3n) is 18.1. The summed E-state index contributed by atoms with van der Waals surface area (Å²) in [6.07, 6.45) is 17.5. The van der Waals surface area contributed by atoms with E-state index in [0.717, 1.165) is 124 Å². The van der Waals surface area contributed by atoms with Crippen LogP contribution in [0.15, 0.2) is 65.6 Å². The smallest absolute Gasteiger partial charge is 0.319 e. The minimum Gasteiger partial charge on any atom is -0.508 e. The lowest BCUT2D eigenvalue weighted by Crippen LogP contribution is -2.52. The Kier molecular flexibility index (Phi) is 22.4. The zero-order valence-electron chi connectivity index (χ0n) is 53.5. The van der Waals surface area contributed by atoms with E-state index in [1.807, 2.05) is 53.7 Å². The second-order valence-corrected chi connectivity index (χ2v) is 22.7. The van der Waals surface area contributed by atoms with Crippen molar-refractivity contribution in [2.45, 2.75) is 142 Å². The lowest BCUT2D eigenvalue weighted by molar-refractivity contribution is -0.128. The topological polar surface area (TPSA) is 197 Å². The molecule has 7 aliphatic rings. The zero-order chi connectivity index (χ0) is 65.3. The number of halogens is 3. The van der Waals surface area contributed by atoms with E-state index in [1.165, 1.54) is 36.9 Å². The standard InChI is InChI=1S/C34H34F2N6O2.C24H21N3O4.C5H8O2.3C2H6.CH3F/c1-3-24-27(35)9-6-20-14-23(43)15-25(28(20)24)30-29(36)31-26(16-37-30)32(41-17-21-7-8-22(18-41)40(21)2)39-33(38-31)44-19-34-10-4-12-42(34)13-5-11-34;1-26(11-28)18-7-6-17-21-12(3-2-4-14(18)21)16-10-27-19(22(16)25-17)9-15-13(24(27)31)5-8-20(29)23(15)30;1-5(3-6)4-7-2;4*1-2/h1,6,9,14-16,21-22,43H,4-5,7-8,10-13,17-19H2,2H3;6-7,9,11,23,30H,2-5,8,10H2,1H3;3H,1,4H2,2H3;3*1-2H3;1H3. The lowest BCUT2D eigenvalue weighted by Gasteiger charge is -2.39. The van der Waals surface area contributed by atoms with Gasteiger partial charge in [-0.1, -0.05) is 60.1 Å². The van der Waals surface area contributed by atoms with Crippen molar-refractivity contribution in [3.8, 4) is 46.7 Å². The SMILES string of the molecule is C#Cc1c(F)ccc2cc(O)cc(-c3ncc4c(N5CC6CCC(C5)N6C)nc(OCC56CCCN5CCC6)nc4c3F)c12.C=C(C=O)COC.CC.CC.CC.CF.CN(C=O)c1ccc2nc3c(c4c2c1CCC4)Cn1c-3cc2c(c1=O)CCC(=O)C2O. The van der Waals surface area contributed by atoms with Crippen molar-refractivity contribution in [3.63, 3.8) is 0 Å². The molecule has 3 unspecified atom stereocenters. The highest BCUT2D eigenvalue weighted by atomic mass is 19.1. The third kappa shape index (κ3) is 12.7. The van der Waals surface area contributed by atoms with Crippen molar-refractivity contribution < 1.29 is 47.2 Å². The molecule has 2 bridgehead atoms. The fourth-order valence-electron chi connectivity index (χ4n) is 14.0. The van der Waals surface area contributed by atoms with Gasteiger partial charge in [-0.3, -0.25) is 38.4 Å². The first-order chi connectivity index (χ1) is 43.6. The number of aryl methyl sites for hydroxylation is 2. The summed E-state index contributed by atoms with van der Waals surface area (Å²) < 4.78 is 53.8. The Labute approximate surface area is 524 Å². The number of alkyl halides is 1. The maximum absolute atomic E-state index is 16.8. The summed E-state index contributed by atoms with van der Waals surface area (Å²) >= 11 is 0. The Bertz CT molecular complexity index is 3920. The van der Waals surface area contributed by atoms with Crippen LogP contribution >= 0.6 is 0 Å². The molecule has 1 amide bonds. The van der Waals surface area contributed by atoms with Crippen molar-refractivity contribution in [3.05, 3.63) is 116 Å². The third-order valence-corrected chi connectivity index (χ3v) is 18.1. The fraction of sp³-hybridized carbons (Fsp3) is 0.457. The Morgan fingerprint density at radius 3 is 2.20 bits per heavy atom. The van der Waals surface area contributed by atoms with Gasteiger partial charge in [0.05, 0.1) is 53.7 Å². The summed E-state index contributed by atoms with van der Waals surface area (Å²) in [5.41, 5.74) is 8.01. The summed E-state index contributed by atoms with van der Waals surface area (Å²) in [7, 11) is 5.95. The van der Waals surface area contributed by atoms with Gasteiger partial charge in [0.1, 0.15) is 47.6 Å². The van der Waals surface area contributed by atoms with Gasteiger partial charge in [-0.05, 0) is 143 Å². The number of aromatic hydroxyl groups is 1. The number of hydrogen-bond donors (Lipinski definition) is 2. The average Bonchev–Trinajstić information content (AvgIpc) is 1.47. The van der Waals surface area contributed by atoms with E-state index < -0.39 is 17.7 Å². The molecule has 4 saturated heterocycles. The van der Waals surface area contributed by atoms with E-state index >= 15 is 4.39 Å². The van der Waals surface area contributed by atoms with Crippen LogP contribution in [-0.2, 0) is 44.9 Å². The van der Waals surface area contributed by atoms with Crippen LogP contribution in [0.25, 0.3) is 55.2 Å². The number of pyridine rings is 3. The number of hydrogen-bond acceptors (Lipinski definition) is 15. The number of carbonyl (C=O) groups is 3. The van der Waals surface area contributed by atoms with Crippen LogP contribution < -0.4 is 20.1 Å². The number of ether oxygens (including phenoxy) is 2. The summed E-state index contributed by atoms with van der Waals surface area (Å²) in [6, 6.07) is 12.2. The van der Waals surface area contributed by atoms with Crippen LogP contribution in [0.1, 0.15) is 132 Å². The number of amides is 1. The molecule has 2 N–H and O–H groups in total. The number of Topliss-reactive ketones (excluding diaryl/α,β-unsaturated/α-hetero) is 1. The Balaban J connectivity index is 0.000000198. The first kappa shape index (κ1) is 67.8. The van der Waals surface area contributed by atoms with Gasteiger partial charge in [0, 0.05) is 90.7 Å². The van der Waals surface area contributed by atoms with E-state index in [0.29, 0.717) is 96.1 Å². The molecule has 7 aromatic rings. The van der Waals surface area contributed by atoms with Crippen molar-refractivity contribution in [2.24, 2.45) is 0 Å². The number of aldehydes is 1. The number of aliphatic hydroxyl groups excluding tert-OH is 1. The number of fused-ring (bicyclic) bond motifs is 10. The molecular formula is C70H84F3N9O8. The Morgan fingerprint density at radius 1 is 0.867 bits per heavy atom. The van der Waals surface area contributed by atoms with Gasteiger partial charge < -0.3 is 34.1 Å². The van der Waals surface area contributed by atoms with E-state index in [1.54, 1.807) is 28.8 Å². The number of aromatic nitrogens is 5. The molecule has 0 radical (unpaired) electrons. The average molecular weight is 1240 g/mol. The van der Waals surface area contributed by atoms with Gasteiger partial charge in [0.2, 0.25) is 6.41 Å². The normalized spacial score (nSPS) is 18.5. The molecule has 14 rings (SSSR count). The summed E-state index contributed by atoms with van der Waals surface area (Å²) in [6.45, 7) is 20.3. The van der Waals surface area contributed by atoms with Crippen LogP contribution in [0.5, 0.6) is 11.8 Å². The summed E-state index contributed by atoms with van der Waals surface area (Å²) in [4.78, 5) is 74.1. The van der Waals surface area contributed by atoms with Crippen molar-refractivity contribution in [1.82, 2.24) is 34.3 Å². The first-order valence-electron chi connectivity index (χ1n) is 31.4. The summed E-state index contributed by atoms with van der Waals surface area (Å²) in [5, 5.41) is 23.3. The number of phenolic OH excluding ortho intramolecular Hbond substituents is 1. The van der Waals surface area contributed by atoms with Crippen LogP contribution in [0.4, 0.5) is 24.7 Å². The monoisotopic (exact) mass is 1240 g/mol. The number of methoxy groups -OCH3 is 1. The number of terminal acetylenes is 1. The van der Waals surface area contributed by atoms with Crippen LogP contribution in [-0.4, -0.2) is 148 Å². The Hall–Kier alpha value is -8.09. The van der Waals surface area contributed by atoms with Gasteiger partial charge in [-0.25, -0.2) is 13.8 Å². The number of likely N-dealkylation sites (N-methyl/N-ethyl adjacent to an activating group) is 1. The van der Waals surface area contributed by atoms with Crippen LogP contribution in [0, 0.1) is 24.0 Å². The van der Waals surface area contributed by atoms with Crippen LogP contribution in [0.3, 0.4) is 0 Å². The molecule has 20 heteroatoms. The minimum absolute atomic E-state index is 0.0176. The molecule has 0 spiro atoms. The van der Waals surface area contributed by atoms with Gasteiger partial charge >= 0.3 is 6.01 Å². The van der Waals surface area contributed by atoms with E-state index in [-0.39, 0.29) is 57.4 Å². The molecule has 17 nitrogen and oxygen atoms in total. The number of nitrogens with zero attached hydrogens (tertiary/aromatic N) is 9. The highest BCUT2D eigenvalue weighted by Crippen LogP contribution is 2.45. The molecule has 9 heterocycles. The van der Waals surface area contributed by atoms with E-state index in [2.05, 4.69) is 49.0 Å². The maximum Gasteiger partial charge on any atom is 0.319 e. The Morgan fingerprint density at radius 2 is 1.56 bits per heavy atom. The first-order valence-corrected chi connectivity index (χ1v) is 31.4. The molecule has 3 aromatic carbocycles. The number of rotatable bonds is 10. The van der Waals surface area contributed by atoms with E-state index in [9.17, 15) is 38.2 Å². The second kappa shape index (κ2) is 29.7. The van der Waals surface area contributed by atoms with Crippen molar-refractivity contribution in [2.75, 3.05) is 77.6 Å². The highest BCUT2D eigenvalue weighted by molar-refractivity contribution is 6.03. The number of phenols is 1. The molecular weight excluding hydrogens is 1150 g/mol. The van der Waals surface area contributed by atoms with E-state index in [4.69, 9.17) is 21.1 Å². The summed E-state index contributed by atoms with van der Waals surface area (Å²) in [5.74, 6) is 1.35. The number of aliphatic hydroxyl groups is 1. The minimum atomic E-state index is -1.24. The molecule has 4 aromatic heterocycles. The number of anilines is 2. The van der Waals surface area contributed by atoms with Gasteiger partial charge in [-0.2, -0.15) is 9.97 Å². The molecule has 4 fully saturated rings. The molecule has 90 heavy (non-hydrogen) atoms. The fourth-order valence-corrected chi connectivity index (χ4v) is 14.0. The number of carbonyl (C=O) groups excluding carboxylic acids is 3. The molecule has 3 atom stereocenters. The molecule has 5 aliphatic heterocycles. The van der Waals surface area contributed by atoms with Crippen molar-refractivity contribution >= 4 is 62.6 Å². The largest absolute Gasteiger partial charge is 0.508 e. The van der Waals surface area contributed by atoms with Crippen molar-refractivity contribution in [1.29, 1.82) is 0 Å². The quantitative estimate of drug-likeness (QED) is 0.0745. The molecule has 478 valence electrons. The predicted octanol–water partition coefficient (Wildman–Crippen LogP) is 11.2. The zero-order valence-corrected chi connectivity index (χ0v) is 53.5. The number of benzene rings is 3. The number of piperazine rings is 1. The molecule has 0 saturated carbocycles. The van der Waals surface area contributed by atoms with Gasteiger partial charge in [0.15, 0.2) is 11.6 Å². The number of ketones is 1.